The van der Waals surface area contributed by atoms with Crippen molar-refractivity contribution >= 4 is 0 Å². The average molecular weight is 233 g/mol. The van der Waals surface area contributed by atoms with E-state index in [1.54, 1.807) is 0 Å². The average Bonchev–Trinajstić information content (AvgIpc) is 2.30. The zero-order chi connectivity index (χ0) is 12.3. The molecule has 2 atom stereocenters. The summed E-state index contributed by atoms with van der Waals surface area (Å²) >= 11 is 0. The van der Waals surface area contributed by atoms with Gasteiger partial charge in [-0.2, -0.15) is 0 Å². The number of nitrogens with two attached hydrogens (primary N) is 1. The van der Waals surface area contributed by atoms with Crippen LogP contribution in [-0.4, -0.2) is 12.6 Å². The first-order chi connectivity index (χ1) is 8.14. The molecule has 0 amide bonds. The molecule has 0 aliphatic carbocycles. The molecule has 0 bridgehead atoms. The molecular formula is C15H23NO. The van der Waals surface area contributed by atoms with Gasteiger partial charge >= 0.3 is 0 Å². The molecule has 1 aliphatic rings. The minimum atomic E-state index is -0.192. The van der Waals surface area contributed by atoms with Crippen molar-refractivity contribution in [2.75, 3.05) is 6.61 Å². The van der Waals surface area contributed by atoms with Gasteiger partial charge in [0.1, 0.15) is 0 Å². The molecule has 1 aromatic rings. The number of hydrogen-bond donors (Lipinski definition) is 1. The smallest absolute Gasteiger partial charge is 0.0918 e. The Hall–Kier alpha value is -0.860. The fraction of sp³-hybridized carbons (Fsp3) is 0.600. The molecule has 1 saturated heterocycles. The topological polar surface area (TPSA) is 35.2 Å². The number of rotatable bonds is 3. The Labute approximate surface area is 104 Å². The molecule has 2 rings (SSSR count). The van der Waals surface area contributed by atoms with Gasteiger partial charge in [0, 0.05) is 12.6 Å². The first kappa shape index (κ1) is 12.6. The fourth-order valence-electron chi connectivity index (χ4n) is 2.61. The number of ether oxygens (including phenoxy) is 1. The molecule has 2 N–H and O–H groups in total. The molecule has 1 heterocycles. The Morgan fingerprint density at radius 3 is 2.65 bits per heavy atom. The van der Waals surface area contributed by atoms with Crippen molar-refractivity contribution in [1.29, 1.82) is 0 Å². The second-order valence-corrected chi connectivity index (χ2v) is 5.28. The minimum absolute atomic E-state index is 0.192. The van der Waals surface area contributed by atoms with Gasteiger partial charge in [-0.05, 0) is 37.3 Å². The summed E-state index contributed by atoms with van der Waals surface area (Å²) in [5.41, 5.74) is 8.51. The SMILES string of the molecule is CCCc1ccc(C2(C)CC(N)CCO2)cc1. The van der Waals surface area contributed by atoms with Crippen LogP contribution in [0.5, 0.6) is 0 Å². The molecule has 17 heavy (non-hydrogen) atoms. The van der Waals surface area contributed by atoms with Crippen LogP contribution in [0.15, 0.2) is 24.3 Å². The van der Waals surface area contributed by atoms with Crippen molar-refractivity contribution in [3.63, 3.8) is 0 Å². The normalized spacial score (nSPS) is 29.2. The Bertz CT molecular complexity index is 360. The van der Waals surface area contributed by atoms with Crippen LogP contribution < -0.4 is 5.73 Å². The van der Waals surface area contributed by atoms with Crippen molar-refractivity contribution < 1.29 is 4.74 Å². The van der Waals surface area contributed by atoms with Gasteiger partial charge < -0.3 is 10.5 Å². The zero-order valence-corrected chi connectivity index (χ0v) is 10.9. The maximum absolute atomic E-state index is 6.05. The molecule has 0 radical (unpaired) electrons. The zero-order valence-electron chi connectivity index (χ0n) is 10.9. The van der Waals surface area contributed by atoms with E-state index in [-0.39, 0.29) is 11.6 Å². The Morgan fingerprint density at radius 1 is 1.35 bits per heavy atom. The van der Waals surface area contributed by atoms with Gasteiger partial charge in [0.25, 0.3) is 0 Å². The Kier molecular flexibility index (Phi) is 3.85. The molecule has 2 heteroatoms. The van der Waals surface area contributed by atoms with Crippen LogP contribution in [0, 0.1) is 0 Å². The summed E-state index contributed by atoms with van der Waals surface area (Å²) in [6.07, 6.45) is 4.24. The van der Waals surface area contributed by atoms with E-state index in [4.69, 9.17) is 10.5 Å². The third-order valence-electron chi connectivity index (χ3n) is 3.66. The van der Waals surface area contributed by atoms with Crippen molar-refractivity contribution in [3.8, 4) is 0 Å². The van der Waals surface area contributed by atoms with Crippen LogP contribution in [0.4, 0.5) is 0 Å². The van der Waals surface area contributed by atoms with Crippen LogP contribution in [0.3, 0.4) is 0 Å². The predicted octanol–water partition coefficient (Wildman–Crippen LogP) is 2.99. The monoisotopic (exact) mass is 233 g/mol. The summed E-state index contributed by atoms with van der Waals surface area (Å²) in [5, 5.41) is 0. The summed E-state index contributed by atoms with van der Waals surface area (Å²) in [6.45, 7) is 5.13. The van der Waals surface area contributed by atoms with Crippen molar-refractivity contribution in [3.05, 3.63) is 35.4 Å². The van der Waals surface area contributed by atoms with Crippen molar-refractivity contribution in [1.82, 2.24) is 0 Å². The van der Waals surface area contributed by atoms with E-state index in [2.05, 4.69) is 38.1 Å². The lowest BCUT2D eigenvalue weighted by molar-refractivity contribution is -0.0766. The third kappa shape index (κ3) is 2.88. The van der Waals surface area contributed by atoms with Crippen LogP contribution in [0.1, 0.15) is 44.2 Å². The number of aryl methyl sites for hydroxylation is 1. The second kappa shape index (κ2) is 5.19. The molecule has 0 saturated carbocycles. The first-order valence-electron chi connectivity index (χ1n) is 6.63. The molecule has 94 valence electrons. The highest BCUT2D eigenvalue weighted by Crippen LogP contribution is 2.34. The fourth-order valence-corrected chi connectivity index (χ4v) is 2.61. The van der Waals surface area contributed by atoms with Gasteiger partial charge in [-0.15, -0.1) is 0 Å². The van der Waals surface area contributed by atoms with E-state index in [1.807, 2.05) is 0 Å². The molecular weight excluding hydrogens is 210 g/mol. The number of hydrogen-bond acceptors (Lipinski definition) is 2. The quantitative estimate of drug-likeness (QED) is 0.871. The van der Waals surface area contributed by atoms with Crippen LogP contribution in [0.25, 0.3) is 0 Å². The highest BCUT2D eigenvalue weighted by molar-refractivity contribution is 5.27. The van der Waals surface area contributed by atoms with Crippen LogP contribution in [0.2, 0.25) is 0 Å². The van der Waals surface area contributed by atoms with E-state index in [9.17, 15) is 0 Å². The summed E-state index contributed by atoms with van der Waals surface area (Å²) in [5.74, 6) is 0. The predicted molar refractivity (Wildman–Crippen MR) is 71.0 cm³/mol. The molecule has 0 spiro atoms. The van der Waals surface area contributed by atoms with Crippen molar-refractivity contribution in [2.24, 2.45) is 5.73 Å². The molecule has 2 unspecified atom stereocenters. The molecule has 2 nitrogen and oxygen atoms in total. The highest BCUT2D eigenvalue weighted by atomic mass is 16.5. The largest absolute Gasteiger partial charge is 0.370 e. The number of benzene rings is 1. The lowest BCUT2D eigenvalue weighted by atomic mass is 9.85. The Balaban J connectivity index is 2.15. The van der Waals surface area contributed by atoms with E-state index in [0.29, 0.717) is 0 Å². The van der Waals surface area contributed by atoms with E-state index in [0.717, 1.165) is 25.9 Å². The minimum Gasteiger partial charge on any atom is -0.370 e. The maximum Gasteiger partial charge on any atom is 0.0918 e. The van der Waals surface area contributed by atoms with Gasteiger partial charge in [0.15, 0.2) is 0 Å². The van der Waals surface area contributed by atoms with Crippen molar-refractivity contribution in [2.45, 2.75) is 51.2 Å². The van der Waals surface area contributed by atoms with Gasteiger partial charge in [-0.3, -0.25) is 0 Å². The van der Waals surface area contributed by atoms with E-state index in [1.165, 1.54) is 17.5 Å². The maximum atomic E-state index is 6.05. The molecule has 1 aromatic carbocycles. The van der Waals surface area contributed by atoms with E-state index >= 15 is 0 Å². The first-order valence-corrected chi connectivity index (χ1v) is 6.63. The summed E-state index contributed by atoms with van der Waals surface area (Å²) in [4.78, 5) is 0. The second-order valence-electron chi connectivity index (χ2n) is 5.28. The lowest BCUT2D eigenvalue weighted by Gasteiger charge is -2.37. The molecule has 0 aromatic heterocycles. The van der Waals surface area contributed by atoms with E-state index < -0.39 is 0 Å². The van der Waals surface area contributed by atoms with Gasteiger partial charge in [-0.1, -0.05) is 37.6 Å². The Morgan fingerprint density at radius 2 is 2.06 bits per heavy atom. The molecule has 1 fully saturated rings. The van der Waals surface area contributed by atoms with Gasteiger partial charge in [0.05, 0.1) is 5.60 Å². The lowest BCUT2D eigenvalue weighted by Crippen LogP contribution is -2.40. The van der Waals surface area contributed by atoms with Crippen LogP contribution in [-0.2, 0) is 16.8 Å². The third-order valence-corrected chi connectivity index (χ3v) is 3.66. The highest BCUT2D eigenvalue weighted by Gasteiger charge is 2.33. The molecule has 1 aliphatic heterocycles. The van der Waals surface area contributed by atoms with Gasteiger partial charge in [-0.25, -0.2) is 0 Å². The van der Waals surface area contributed by atoms with Gasteiger partial charge in [0.2, 0.25) is 0 Å². The van der Waals surface area contributed by atoms with Crippen LogP contribution >= 0.6 is 0 Å². The summed E-state index contributed by atoms with van der Waals surface area (Å²) < 4.78 is 5.94. The standard InChI is InChI=1S/C15H23NO/c1-3-4-12-5-7-13(8-6-12)15(2)11-14(16)9-10-17-15/h5-8,14H,3-4,9-11,16H2,1-2H3. The summed E-state index contributed by atoms with van der Waals surface area (Å²) in [6, 6.07) is 9.09. The summed E-state index contributed by atoms with van der Waals surface area (Å²) in [7, 11) is 0.